The molecular formula is C14H15N3O3. The second-order valence-corrected chi connectivity index (χ2v) is 4.37. The molecule has 104 valence electrons. The highest BCUT2D eigenvalue weighted by Gasteiger charge is 2.19. The third-order valence-electron chi connectivity index (χ3n) is 3.01. The summed E-state index contributed by atoms with van der Waals surface area (Å²) in [6, 6.07) is 5.32. The number of aromatic amines is 1. The zero-order valence-electron chi connectivity index (χ0n) is 10.9. The number of carbonyl (C=O) groups excluding carboxylic acids is 1. The van der Waals surface area contributed by atoms with Gasteiger partial charge in [0, 0.05) is 25.4 Å². The summed E-state index contributed by atoms with van der Waals surface area (Å²) < 4.78 is 11.0. The quantitative estimate of drug-likeness (QED) is 0.876. The number of hydrogen-bond donors (Lipinski definition) is 2. The lowest BCUT2D eigenvalue weighted by Crippen LogP contribution is -2.27. The molecule has 1 amide bonds. The lowest BCUT2D eigenvalue weighted by Gasteiger charge is -2.20. The third-order valence-corrected chi connectivity index (χ3v) is 3.01. The third kappa shape index (κ3) is 2.59. The highest BCUT2D eigenvalue weighted by atomic mass is 16.6. The minimum Gasteiger partial charge on any atom is -0.486 e. The average molecular weight is 273 g/mol. The van der Waals surface area contributed by atoms with Crippen molar-refractivity contribution in [2.24, 2.45) is 0 Å². The largest absolute Gasteiger partial charge is 0.486 e. The highest BCUT2D eigenvalue weighted by Crippen LogP contribution is 2.33. The number of carbonyl (C=O) groups is 1. The van der Waals surface area contributed by atoms with Gasteiger partial charge >= 0.3 is 0 Å². The fourth-order valence-electron chi connectivity index (χ4n) is 2.08. The Morgan fingerprint density at radius 1 is 1.35 bits per heavy atom. The first-order chi connectivity index (χ1) is 9.84. The van der Waals surface area contributed by atoms with Crippen LogP contribution in [0.5, 0.6) is 11.5 Å². The Morgan fingerprint density at radius 3 is 3.10 bits per heavy atom. The standard InChI is InChI=1S/C14H15N3O3/c18-14(17-5-4-12-15-6-7-16-12)10-2-1-3-11-13(10)20-9-8-19-11/h1-3,6-7H,4-5,8-9H2,(H,15,16)(H,17,18). The maximum atomic E-state index is 12.2. The SMILES string of the molecule is O=C(NCCc1ncc[nH]1)c1cccc2c1OCCO2. The number of fused-ring (bicyclic) bond motifs is 1. The number of nitrogens with one attached hydrogen (secondary N) is 2. The first-order valence-corrected chi connectivity index (χ1v) is 6.49. The van der Waals surface area contributed by atoms with Crippen molar-refractivity contribution in [3.8, 4) is 11.5 Å². The first kappa shape index (κ1) is 12.5. The van der Waals surface area contributed by atoms with Crippen molar-refractivity contribution in [1.29, 1.82) is 0 Å². The molecule has 1 aromatic carbocycles. The Hall–Kier alpha value is -2.50. The van der Waals surface area contributed by atoms with E-state index in [0.29, 0.717) is 43.2 Å². The van der Waals surface area contributed by atoms with Crippen LogP contribution < -0.4 is 14.8 Å². The molecule has 1 aliphatic rings. The van der Waals surface area contributed by atoms with Crippen LogP contribution in [-0.2, 0) is 6.42 Å². The summed E-state index contributed by atoms with van der Waals surface area (Å²) in [5.41, 5.74) is 0.502. The molecule has 6 nitrogen and oxygen atoms in total. The molecule has 0 spiro atoms. The van der Waals surface area contributed by atoms with Gasteiger partial charge in [0.15, 0.2) is 11.5 Å². The van der Waals surface area contributed by atoms with Crippen LogP contribution in [0.2, 0.25) is 0 Å². The number of amides is 1. The summed E-state index contributed by atoms with van der Waals surface area (Å²) in [5, 5.41) is 2.85. The maximum Gasteiger partial charge on any atom is 0.255 e. The molecule has 0 saturated heterocycles. The molecule has 0 saturated carbocycles. The maximum absolute atomic E-state index is 12.2. The molecule has 3 rings (SSSR count). The van der Waals surface area contributed by atoms with Crippen LogP contribution in [0.4, 0.5) is 0 Å². The fourth-order valence-corrected chi connectivity index (χ4v) is 2.08. The lowest BCUT2D eigenvalue weighted by molar-refractivity contribution is 0.0943. The molecule has 1 aromatic heterocycles. The second kappa shape index (κ2) is 5.64. The molecule has 0 bridgehead atoms. The van der Waals surface area contributed by atoms with Crippen LogP contribution in [0.15, 0.2) is 30.6 Å². The van der Waals surface area contributed by atoms with Gasteiger partial charge in [-0.15, -0.1) is 0 Å². The molecule has 0 radical (unpaired) electrons. The van der Waals surface area contributed by atoms with Crippen molar-refractivity contribution in [3.05, 3.63) is 42.0 Å². The molecule has 2 heterocycles. The van der Waals surface area contributed by atoms with E-state index in [0.717, 1.165) is 5.82 Å². The number of benzene rings is 1. The van der Waals surface area contributed by atoms with E-state index >= 15 is 0 Å². The molecule has 20 heavy (non-hydrogen) atoms. The molecule has 6 heteroatoms. The van der Waals surface area contributed by atoms with Crippen LogP contribution in [0.1, 0.15) is 16.2 Å². The van der Waals surface area contributed by atoms with E-state index < -0.39 is 0 Å². The second-order valence-electron chi connectivity index (χ2n) is 4.37. The van der Waals surface area contributed by atoms with Gasteiger partial charge in [0.2, 0.25) is 0 Å². The number of nitrogens with zero attached hydrogens (tertiary/aromatic N) is 1. The van der Waals surface area contributed by atoms with Crippen molar-refractivity contribution in [2.45, 2.75) is 6.42 Å². The van der Waals surface area contributed by atoms with Gasteiger partial charge in [-0.3, -0.25) is 4.79 Å². The van der Waals surface area contributed by atoms with Gasteiger partial charge in [-0.25, -0.2) is 4.98 Å². The van der Waals surface area contributed by atoms with E-state index in [9.17, 15) is 4.79 Å². The summed E-state index contributed by atoms with van der Waals surface area (Å²) >= 11 is 0. The molecule has 2 N–H and O–H groups in total. The Kier molecular flexibility index (Phi) is 3.54. The monoisotopic (exact) mass is 273 g/mol. The van der Waals surface area contributed by atoms with E-state index in [1.807, 2.05) is 0 Å². The molecular weight excluding hydrogens is 258 g/mol. The van der Waals surface area contributed by atoms with E-state index in [-0.39, 0.29) is 5.91 Å². The van der Waals surface area contributed by atoms with Gasteiger partial charge in [0.1, 0.15) is 19.0 Å². The number of ether oxygens (including phenoxy) is 2. The lowest BCUT2D eigenvalue weighted by atomic mass is 10.1. The van der Waals surface area contributed by atoms with E-state index in [4.69, 9.17) is 9.47 Å². The van der Waals surface area contributed by atoms with Crippen LogP contribution in [0.3, 0.4) is 0 Å². The Bertz CT molecular complexity index is 596. The summed E-state index contributed by atoms with van der Waals surface area (Å²) in [6.07, 6.45) is 4.11. The first-order valence-electron chi connectivity index (χ1n) is 6.49. The normalized spacial score (nSPS) is 13.0. The Morgan fingerprint density at radius 2 is 2.25 bits per heavy atom. The van der Waals surface area contributed by atoms with Crippen LogP contribution in [0, 0.1) is 0 Å². The van der Waals surface area contributed by atoms with E-state index in [1.165, 1.54) is 0 Å². The smallest absolute Gasteiger partial charge is 0.255 e. The number of imidazole rings is 1. The number of H-pyrrole nitrogens is 1. The minimum atomic E-state index is -0.168. The van der Waals surface area contributed by atoms with Crippen molar-refractivity contribution in [3.63, 3.8) is 0 Å². The number of hydrogen-bond acceptors (Lipinski definition) is 4. The van der Waals surface area contributed by atoms with Gasteiger partial charge < -0.3 is 19.8 Å². The van der Waals surface area contributed by atoms with E-state index in [1.54, 1.807) is 30.6 Å². The Labute approximate surface area is 116 Å². The minimum absolute atomic E-state index is 0.168. The van der Waals surface area contributed by atoms with Crippen molar-refractivity contribution >= 4 is 5.91 Å². The predicted molar refractivity (Wildman–Crippen MR) is 72.1 cm³/mol. The van der Waals surface area contributed by atoms with Gasteiger partial charge in [-0.2, -0.15) is 0 Å². The summed E-state index contributed by atoms with van der Waals surface area (Å²) in [6.45, 7) is 1.48. The van der Waals surface area contributed by atoms with E-state index in [2.05, 4.69) is 15.3 Å². The van der Waals surface area contributed by atoms with Gasteiger partial charge in [0.25, 0.3) is 5.91 Å². The van der Waals surface area contributed by atoms with Crippen molar-refractivity contribution in [1.82, 2.24) is 15.3 Å². The zero-order chi connectivity index (χ0) is 13.8. The average Bonchev–Trinajstić information content (AvgIpc) is 3.00. The number of rotatable bonds is 4. The van der Waals surface area contributed by atoms with Crippen molar-refractivity contribution < 1.29 is 14.3 Å². The molecule has 0 fully saturated rings. The Balaban J connectivity index is 1.65. The molecule has 0 unspecified atom stereocenters. The van der Waals surface area contributed by atoms with Gasteiger partial charge in [-0.1, -0.05) is 6.07 Å². The number of aromatic nitrogens is 2. The van der Waals surface area contributed by atoms with Crippen molar-refractivity contribution in [2.75, 3.05) is 19.8 Å². The van der Waals surface area contributed by atoms with Crippen LogP contribution in [0.25, 0.3) is 0 Å². The number of para-hydroxylation sites is 1. The molecule has 0 atom stereocenters. The topological polar surface area (TPSA) is 76.2 Å². The van der Waals surface area contributed by atoms with Gasteiger partial charge in [0.05, 0.1) is 5.56 Å². The van der Waals surface area contributed by atoms with Gasteiger partial charge in [-0.05, 0) is 12.1 Å². The van der Waals surface area contributed by atoms with Crippen LogP contribution in [-0.4, -0.2) is 35.6 Å². The fraction of sp³-hybridized carbons (Fsp3) is 0.286. The molecule has 2 aromatic rings. The van der Waals surface area contributed by atoms with Crippen LogP contribution >= 0.6 is 0 Å². The predicted octanol–water partition coefficient (Wildman–Crippen LogP) is 1.15. The highest BCUT2D eigenvalue weighted by molar-refractivity contribution is 5.97. The molecule has 1 aliphatic heterocycles. The molecule has 0 aliphatic carbocycles. The summed E-state index contributed by atoms with van der Waals surface area (Å²) in [5.74, 6) is 1.82. The zero-order valence-corrected chi connectivity index (χ0v) is 10.9. The summed E-state index contributed by atoms with van der Waals surface area (Å²) in [7, 11) is 0. The summed E-state index contributed by atoms with van der Waals surface area (Å²) in [4.78, 5) is 19.3.